The van der Waals surface area contributed by atoms with Crippen molar-refractivity contribution in [3.8, 4) is 0 Å². The maximum absolute atomic E-state index is 11.7. The van der Waals surface area contributed by atoms with Gasteiger partial charge in [-0.3, -0.25) is 14.9 Å². The van der Waals surface area contributed by atoms with Crippen LogP contribution in [-0.4, -0.2) is 51.5 Å². The first kappa shape index (κ1) is 27.6. The Kier molecular flexibility index (Phi) is 9.75. The van der Waals surface area contributed by atoms with E-state index < -0.39 is 8.32 Å². The van der Waals surface area contributed by atoms with Gasteiger partial charge in [0, 0.05) is 24.7 Å². The molecule has 3 N–H and O–H groups in total. The van der Waals surface area contributed by atoms with Gasteiger partial charge in [0.15, 0.2) is 8.32 Å². The number of thioether (sulfide) groups is 1. The number of hydrogen-bond donors (Lipinski definition) is 2. The van der Waals surface area contributed by atoms with Crippen molar-refractivity contribution in [2.75, 3.05) is 24.6 Å². The summed E-state index contributed by atoms with van der Waals surface area (Å²) in [6.45, 7) is 12.6. The number of para-hydroxylation sites is 1. The molecule has 1 aromatic rings. The number of nitrogens with one attached hydrogen (secondary N) is 1. The molecule has 0 bridgehead atoms. The minimum absolute atomic E-state index is 0.122. The van der Waals surface area contributed by atoms with Crippen LogP contribution in [0.5, 0.6) is 0 Å². The molecule has 2 fully saturated rings. The number of nitrogens with zero attached hydrogens (tertiary/aromatic N) is 1. The maximum Gasteiger partial charge on any atom is 0.290 e. The third-order valence-electron chi connectivity index (χ3n) is 6.04. The van der Waals surface area contributed by atoms with Crippen LogP contribution in [0, 0.1) is 0 Å². The summed E-state index contributed by atoms with van der Waals surface area (Å²) in [6.07, 6.45) is 4.55. The third kappa shape index (κ3) is 7.68. The molecular formula is C23H34ClN3O4SSi. The molecule has 2 saturated heterocycles. The number of carbonyl (C=O) groups is 3. The summed E-state index contributed by atoms with van der Waals surface area (Å²) in [4.78, 5) is 35.6. The first-order valence-electron chi connectivity index (χ1n) is 11.0. The highest BCUT2D eigenvalue weighted by Crippen LogP contribution is 2.37. The van der Waals surface area contributed by atoms with Crippen LogP contribution in [0.1, 0.15) is 39.2 Å². The number of nitrogens with two attached hydrogens (primary N) is 1. The summed E-state index contributed by atoms with van der Waals surface area (Å²) in [7, 11) is -1.66. The zero-order chi connectivity index (χ0) is 24.8. The minimum atomic E-state index is -1.66. The maximum atomic E-state index is 11.7. The summed E-state index contributed by atoms with van der Waals surface area (Å²) in [5, 5.41) is 2.74. The predicted octanol–water partition coefficient (Wildman–Crippen LogP) is 4.80. The second kappa shape index (κ2) is 11.7. The van der Waals surface area contributed by atoms with Gasteiger partial charge in [0.05, 0.1) is 22.2 Å². The Hall–Kier alpha value is -1.65. The van der Waals surface area contributed by atoms with Crippen molar-refractivity contribution >= 4 is 60.9 Å². The number of hydrogen-bond acceptors (Lipinski definition) is 7. The molecule has 0 saturated carbocycles. The number of rotatable bonds is 5. The number of benzene rings is 1. The lowest BCUT2D eigenvalue weighted by molar-refractivity contribution is -0.115. The van der Waals surface area contributed by atoms with E-state index in [0.29, 0.717) is 9.93 Å². The summed E-state index contributed by atoms with van der Waals surface area (Å²) in [5.74, 6) is -0.365. The Morgan fingerprint density at radius 3 is 2.58 bits per heavy atom. The third-order valence-corrected chi connectivity index (χ3v) is 11.7. The fourth-order valence-corrected chi connectivity index (χ4v) is 5.11. The van der Waals surface area contributed by atoms with E-state index in [2.05, 4.69) is 44.1 Å². The SMILES string of the molecule is CC(C)(C)[Si](C)(C)OCC=O.N[C@@H]1CCCN(c2c(Cl)cccc2/C=C2\SC(=O)NC2=O)C1. The summed E-state index contributed by atoms with van der Waals surface area (Å²) >= 11 is 7.28. The molecule has 0 aliphatic carbocycles. The first-order valence-corrected chi connectivity index (χ1v) is 15.1. The van der Waals surface area contributed by atoms with Gasteiger partial charge in [-0.25, -0.2) is 0 Å². The molecule has 2 aliphatic heterocycles. The highest BCUT2D eigenvalue weighted by Gasteiger charge is 2.36. The fourth-order valence-electron chi connectivity index (χ4n) is 3.22. The van der Waals surface area contributed by atoms with Crippen molar-refractivity contribution in [1.29, 1.82) is 0 Å². The van der Waals surface area contributed by atoms with Crippen LogP contribution < -0.4 is 16.0 Å². The Morgan fingerprint density at radius 2 is 2.03 bits per heavy atom. The van der Waals surface area contributed by atoms with E-state index in [-0.39, 0.29) is 28.8 Å². The number of imide groups is 1. The molecule has 2 aliphatic rings. The van der Waals surface area contributed by atoms with Crippen molar-refractivity contribution < 1.29 is 18.8 Å². The summed E-state index contributed by atoms with van der Waals surface area (Å²) < 4.78 is 5.51. The van der Waals surface area contributed by atoms with Crippen molar-refractivity contribution in [1.82, 2.24) is 5.32 Å². The summed E-state index contributed by atoms with van der Waals surface area (Å²) in [6, 6.07) is 5.68. The molecule has 2 heterocycles. The Balaban J connectivity index is 0.000000299. The van der Waals surface area contributed by atoms with Gasteiger partial charge in [0.2, 0.25) is 0 Å². The second-order valence-electron chi connectivity index (χ2n) is 9.62. The second-order valence-corrected chi connectivity index (χ2v) is 15.8. The Labute approximate surface area is 206 Å². The highest BCUT2D eigenvalue weighted by molar-refractivity contribution is 8.18. The molecule has 3 rings (SSSR count). The normalized spacial score (nSPS) is 20.4. The topological polar surface area (TPSA) is 102 Å². The Bertz CT molecular complexity index is 917. The van der Waals surface area contributed by atoms with Crippen molar-refractivity contribution in [3.05, 3.63) is 33.7 Å². The molecule has 33 heavy (non-hydrogen) atoms. The quantitative estimate of drug-likeness (QED) is 0.332. The van der Waals surface area contributed by atoms with E-state index in [1.54, 1.807) is 6.08 Å². The summed E-state index contributed by atoms with van der Waals surface area (Å²) in [5.41, 5.74) is 7.76. The molecule has 182 valence electrons. The number of aldehydes is 1. The van der Waals surface area contributed by atoms with Crippen LogP contribution in [0.2, 0.25) is 23.2 Å². The van der Waals surface area contributed by atoms with Gasteiger partial charge >= 0.3 is 0 Å². The standard InChI is InChI=1S/C15H16ClN3O2S.C8H18O2Si/c16-11-5-1-3-9(7-12-14(20)18-15(21)22-12)13(11)19-6-2-4-10(17)8-19;1-8(2,3)11(4,5)10-7-6-9/h1,3,5,7,10H,2,4,6,8,17H2,(H,18,20,21);6H,7H2,1-5H3/b12-7-;/t10-;/m1./s1. The molecule has 10 heteroatoms. The molecule has 1 atom stereocenters. The van der Waals surface area contributed by atoms with E-state index in [1.807, 2.05) is 18.2 Å². The van der Waals surface area contributed by atoms with E-state index in [0.717, 1.165) is 55.2 Å². The lowest BCUT2D eigenvalue weighted by Crippen LogP contribution is -2.43. The molecule has 0 radical (unpaired) electrons. The molecule has 2 amide bonds. The number of halogens is 1. The lowest BCUT2D eigenvalue weighted by atomic mass is 10.0. The number of anilines is 1. The average molecular weight is 512 g/mol. The van der Waals surface area contributed by atoms with E-state index in [9.17, 15) is 14.4 Å². The number of amides is 2. The van der Waals surface area contributed by atoms with Crippen molar-refractivity contribution in [2.45, 2.75) is 57.8 Å². The van der Waals surface area contributed by atoms with E-state index in [1.165, 1.54) is 0 Å². The van der Waals surface area contributed by atoms with Gasteiger partial charge in [-0.1, -0.05) is 44.5 Å². The van der Waals surface area contributed by atoms with Gasteiger partial charge in [-0.15, -0.1) is 0 Å². The van der Waals surface area contributed by atoms with Gasteiger partial charge in [-0.05, 0) is 54.9 Å². The highest BCUT2D eigenvalue weighted by atomic mass is 35.5. The molecule has 0 spiro atoms. The van der Waals surface area contributed by atoms with Crippen LogP contribution >= 0.6 is 23.4 Å². The Morgan fingerprint density at radius 1 is 1.33 bits per heavy atom. The monoisotopic (exact) mass is 511 g/mol. The zero-order valence-electron chi connectivity index (χ0n) is 19.9. The zero-order valence-corrected chi connectivity index (χ0v) is 22.5. The number of piperidine rings is 1. The van der Waals surface area contributed by atoms with Crippen molar-refractivity contribution in [2.24, 2.45) is 5.73 Å². The largest absolute Gasteiger partial charge is 0.410 e. The molecular weight excluding hydrogens is 478 g/mol. The average Bonchev–Trinajstić information content (AvgIpc) is 3.03. The fraction of sp³-hybridized carbons (Fsp3) is 0.522. The van der Waals surface area contributed by atoms with Crippen LogP contribution in [-0.2, 0) is 14.0 Å². The van der Waals surface area contributed by atoms with Gasteiger partial charge in [-0.2, -0.15) is 0 Å². The number of carbonyl (C=O) groups excluding carboxylic acids is 3. The van der Waals surface area contributed by atoms with Gasteiger partial charge in [0.1, 0.15) is 6.29 Å². The molecule has 1 aromatic carbocycles. The minimum Gasteiger partial charge on any atom is -0.410 e. The van der Waals surface area contributed by atoms with Crippen LogP contribution in [0.25, 0.3) is 6.08 Å². The van der Waals surface area contributed by atoms with E-state index >= 15 is 0 Å². The van der Waals surface area contributed by atoms with Gasteiger partial charge in [0.25, 0.3) is 11.1 Å². The van der Waals surface area contributed by atoms with Crippen LogP contribution in [0.3, 0.4) is 0 Å². The van der Waals surface area contributed by atoms with Crippen LogP contribution in [0.15, 0.2) is 23.1 Å². The van der Waals surface area contributed by atoms with Crippen LogP contribution in [0.4, 0.5) is 10.5 Å². The lowest BCUT2D eigenvalue weighted by Gasteiger charge is -2.35. The van der Waals surface area contributed by atoms with Gasteiger partial charge < -0.3 is 19.9 Å². The smallest absolute Gasteiger partial charge is 0.290 e. The predicted molar refractivity (Wildman–Crippen MR) is 139 cm³/mol. The molecule has 0 aromatic heterocycles. The van der Waals surface area contributed by atoms with Crippen molar-refractivity contribution in [3.63, 3.8) is 0 Å². The molecule has 7 nitrogen and oxygen atoms in total. The first-order chi connectivity index (χ1) is 15.4. The molecule has 0 unspecified atom stereocenters. The van der Waals surface area contributed by atoms with E-state index in [4.69, 9.17) is 21.8 Å².